The van der Waals surface area contributed by atoms with Crippen molar-refractivity contribution in [3.8, 4) is 11.4 Å². The van der Waals surface area contributed by atoms with Gasteiger partial charge < -0.3 is 14.5 Å². The number of morpholine rings is 1. The quantitative estimate of drug-likeness (QED) is 0.367. The summed E-state index contributed by atoms with van der Waals surface area (Å²) in [6.45, 7) is 11.2. The highest BCUT2D eigenvalue weighted by Crippen LogP contribution is 2.39. The molecule has 1 saturated heterocycles. The zero-order valence-electron chi connectivity index (χ0n) is 22.7. The van der Waals surface area contributed by atoms with Gasteiger partial charge in [-0.1, -0.05) is 64.4 Å². The molecule has 0 aliphatic carbocycles. The molecule has 38 heavy (non-hydrogen) atoms. The predicted octanol–water partition coefficient (Wildman–Crippen LogP) is 5.91. The van der Waals surface area contributed by atoms with Crippen LogP contribution in [0.5, 0.6) is 0 Å². The van der Waals surface area contributed by atoms with Crippen molar-refractivity contribution in [2.75, 3.05) is 32.8 Å². The molecule has 2 heterocycles. The van der Waals surface area contributed by atoms with Crippen LogP contribution in [0.4, 0.5) is 13.6 Å². The highest BCUT2D eigenvalue weighted by atomic mass is 19.1. The van der Waals surface area contributed by atoms with E-state index in [-0.39, 0.29) is 17.4 Å². The molecule has 1 atom stereocenters. The summed E-state index contributed by atoms with van der Waals surface area (Å²) in [5, 5.41) is 4.67. The van der Waals surface area contributed by atoms with Crippen molar-refractivity contribution in [2.24, 2.45) is 5.41 Å². The number of nitrogens with zero attached hydrogens (tertiary/aromatic N) is 5. The van der Waals surface area contributed by atoms with E-state index in [0.717, 1.165) is 36.6 Å². The van der Waals surface area contributed by atoms with E-state index in [1.807, 2.05) is 40.1 Å². The van der Waals surface area contributed by atoms with Gasteiger partial charge in [-0.2, -0.15) is 5.10 Å². The van der Waals surface area contributed by atoms with Crippen LogP contribution in [0, 0.1) is 17.0 Å². The fourth-order valence-corrected chi connectivity index (χ4v) is 4.81. The van der Waals surface area contributed by atoms with Crippen LogP contribution < -0.4 is 0 Å². The Bertz CT molecular complexity index is 1220. The van der Waals surface area contributed by atoms with Crippen LogP contribution in [-0.2, 0) is 11.3 Å². The number of carbonyl (C=O) groups excluding carboxylic acids is 1. The van der Waals surface area contributed by atoms with Crippen molar-refractivity contribution in [3.63, 3.8) is 0 Å². The number of halogens is 2. The lowest BCUT2D eigenvalue weighted by atomic mass is 9.84. The smallest absolute Gasteiger partial charge is 0.320 e. The molecule has 0 saturated carbocycles. The average Bonchev–Trinajstić information content (AvgIpc) is 3.30. The zero-order chi connectivity index (χ0) is 27.3. The molecule has 0 spiro atoms. The first-order valence-electron chi connectivity index (χ1n) is 13.3. The van der Waals surface area contributed by atoms with E-state index in [1.165, 1.54) is 0 Å². The van der Waals surface area contributed by atoms with Gasteiger partial charge in [0.15, 0.2) is 11.6 Å². The van der Waals surface area contributed by atoms with Gasteiger partial charge in [-0.3, -0.25) is 0 Å². The van der Waals surface area contributed by atoms with Crippen LogP contribution in [0.1, 0.15) is 58.0 Å². The third-order valence-electron chi connectivity index (χ3n) is 6.70. The molecule has 3 aromatic rings. The van der Waals surface area contributed by atoms with E-state index in [2.05, 4.69) is 32.8 Å². The molecular weight excluding hydrogens is 488 g/mol. The molecule has 0 radical (unpaired) electrons. The van der Waals surface area contributed by atoms with Crippen LogP contribution in [-0.4, -0.2) is 63.4 Å². The van der Waals surface area contributed by atoms with Crippen molar-refractivity contribution in [3.05, 3.63) is 71.6 Å². The second-order valence-electron chi connectivity index (χ2n) is 10.8. The number of benzene rings is 2. The summed E-state index contributed by atoms with van der Waals surface area (Å²) in [7, 11) is 0. The first-order valence-corrected chi connectivity index (χ1v) is 13.3. The highest BCUT2D eigenvalue weighted by molar-refractivity contribution is 5.75. The minimum Gasteiger partial charge on any atom is -0.378 e. The summed E-state index contributed by atoms with van der Waals surface area (Å²) < 4.78 is 36.1. The Morgan fingerprint density at radius 1 is 1.11 bits per heavy atom. The number of aromatic nitrogens is 3. The summed E-state index contributed by atoms with van der Waals surface area (Å²) in [5.74, 6) is -0.537. The molecule has 1 aromatic heterocycles. The zero-order valence-corrected chi connectivity index (χ0v) is 22.7. The van der Waals surface area contributed by atoms with Gasteiger partial charge in [-0.15, -0.1) is 0 Å². The van der Waals surface area contributed by atoms with E-state index in [4.69, 9.17) is 9.72 Å². The van der Waals surface area contributed by atoms with Gasteiger partial charge in [-0.05, 0) is 35.6 Å². The van der Waals surface area contributed by atoms with E-state index in [0.29, 0.717) is 45.2 Å². The van der Waals surface area contributed by atoms with Crippen molar-refractivity contribution < 1.29 is 18.3 Å². The Balaban J connectivity index is 1.85. The standard InChI is InChI=1S/C29H37F2N5O2/c1-5-6-14-35(28(37)34-15-17-38-18-16-34)25(29(2,3)4)27-32-26(23-19-22(30)12-13-24(23)31)33-36(27)20-21-10-8-7-9-11-21/h7-13,19,25H,5-6,14-18,20H2,1-4H3/t25-/m0/s1. The molecule has 0 bridgehead atoms. The normalized spacial score (nSPS) is 14.9. The summed E-state index contributed by atoms with van der Waals surface area (Å²) in [5.41, 5.74) is 0.539. The van der Waals surface area contributed by atoms with Crippen molar-refractivity contribution >= 4 is 6.03 Å². The maximum absolute atomic E-state index is 14.8. The second-order valence-corrected chi connectivity index (χ2v) is 10.8. The Labute approximate surface area is 223 Å². The number of ether oxygens (including phenoxy) is 1. The Morgan fingerprint density at radius 3 is 2.47 bits per heavy atom. The van der Waals surface area contributed by atoms with Crippen molar-refractivity contribution in [2.45, 2.75) is 53.1 Å². The number of amides is 2. The van der Waals surface area contributed by atoms with E-state index < -0.39 is 23.1 Å². The van der Waals surface area contributed by atoms with Gasteiger partial charge in [0.05, 0.1) is 31.4 Å². The molecule has 204 valence electrons. The molecule has 1 aliphatic heterocycles. The highest BCUT2D eigenvalue weighted by Gasteiger charge is 2.40. The van der Waals surface area contributed by atoms with Gasteiger partial charge in [0.2, 0.25) is 0 Å². The fraction of sp³-hybridized carbons (Fsp3) is 0.483. The topological polar surface area (TPSA) is 63.5 Å². The lowest BCUT2D eigenvalue weighted by Crippen LogP contribution is -2.52. The molecule has 9 heteroatoms. The van der Waals surface area contributed by atoms with Crippen LogP contribution in [0.25, 0.3) is 11.4 Å². The fourth-order valence-electron chi connectivity index (χ4n) is 4.81. The number of hydrogen-bond donors (Lipinski definition) is 0. The summed E-state index contributed by atoms with van der Waals surface area (Å²) in [4.78, 5) is 22.5. The number of urea groups is 1. The third-order valence-corrected chi connectivity index (χ3v) is 6.70. The van der Waals surface area contributed by atoms with Gasteiger partial charge in [-0.25, -0.2) is 23.2 Å². The molecule has 2 aromatic carbocycles. The van der Waals surface area contributed by atoms with Crippen molar-refractivity contribution in [1.29, 1.82) is 0 Å². The van der Waals surface area contributed by atoms with Crippen LogP contribution >= 0.6 is 0 Å². The van der Waals surface area contributed by atoms with Crippen LogP contribution in [0.15, 0.2) is 48.5 Å². The van der Waals surface area contributed by atoms with Gasteiger partial charge in [0.25, 0.3) is 0 Å². The lowest BCUT2D eigenvalue weighted by molar-refractivity contribution is 0.0280. The number of rotatable bonds is 8. The number of unbranched alkanes of at least 4 members (excludes halogenated alkanes) is 1. The largest absolute Gasteiger partial charge is 0.378 e. The first kappa shape index (κ1) is 27.7. The molecule has 1 aliphatic rings. The molecule has 2 amide bonds. The Morgan fingerprint density at radius 2 is 1.82 bits per heavy atom. The Hall–Kier alpha value is -3.33. The first-order chi connectivity index (χ1) is 18.2. The second kappa shape index (κ2) is 12.0. The maximum Gasteiger partial charge on any atom is 0.320 e. The molecule has 0 unspecified atom stereocenters. The van der Waals surface area contributed by atoms with E-state index in [1.54, 1.807) is 4.68 Å². The molecule has 0 N–H and O–H groups in total. The van der Waals surface area contributed by atoms with Crippen molar-refractivity contribution in [1.82, 2.24) is 24.6 Å². The monoisotopic (exact) mass is 525 g/mol. The minimum absolute atomic E-state index is 0.00895. The summed E-state index contributed by atoms with van der Waals surface area (Å²) in [6.07, 6.45) is 1.74. The maximum atomic E-state index is 14.8. The molecular formula is C29H37F2N5O2. The molecule has 4 rings (SSSR count). The minimum atomic E-state index is -0.602. The lowest BCUT2D eigenvalue weighted by Gasteiger charge is -2.42. The van der Waals surface area contributed by atoms with E-state index >= 15 is 0 Å². The van der Waals surface area contributed by atoms with Crippen LogP contribution in [0.3, 0.4) is 0 Å². The SMILES string of the molecule is CCCCN(C(=O)N1CCOCC1)[C@@H](c1nc(-c2cc(F)ccc2F)nn1Cc1ccccc1)C(C)(C)C. The van der Waals surface area contributed by atoms with Crippen LogP contribution in [0.2, 0.25) is 0 Å². The Kier molecular flexibility index (Phi) is 8.76. The summed E-state index contributed by atoms with van der Waals surface area (Å²) in [6, 6.07) is 12.5. The van der Waals surface area contributed by atoms with Gasteiger partial charge in [0.1, 0.15) is 11.6 Å². The van der Waals surface area contributed by atoms with Gasteiger partial charge in [0, 0.05) is 19.6 Å². The van der Waals surface area contributed by atoms with E-state index in [9.17, 15) is 13.6 Å². The third kappa shape index (κ3) is 6.38. The number of carbonyl (C=O) groups is 1. The predicted molar refractivity (Wildman–Crippen MR) is 143 cm³/mol. The molecule has 7 nitrogen and oxygen atoms in total. The summed E-state index contributed by atoms with van der Waals surface area (Å²) >= 11 is 0. The number of hydrogen-bond acceptors (Lipinski definition) is 4. The average molecular weight is 526 g/mol. The van der Waals surface area contributed by atoms with Gasteiger partial charge >= 0.3 is 6.03 Å². The molecule has 1 fully saturated rings.